The van der Waals surface area contributed by atoms with Crippen LogP contribution in [0, 0.1) is 0 Å². The van der Waals surface area contributed by atoms with Crippen LogP contribution in [0.5, 0.6) is 0 Å². The monoisotopic (exact) mass is 412 g/mol. The van der Waals surface area contributed by atoms with Gasteiger partial charge in [0.2, 0.25) is 5.95 Å². The number of aromatic nitrogens is 6. The highest BCUT2D eigenvalue weighted by Crippen LogP contribution is 2.36. The highest BCUT2D eigenvalue weighted by Gasteiger charge is 2.20. The van der Waals surface area contributed by atoms with Crippen LogP contribution in [0.2, 0.25) is 0 Å². The predicted molar refractivity (Wildman–Crippen MR) is 126 cm³/mol. The Kier molecular flexibility index (Phi) is 3.46. The Balaban J connectivity index is 1.71. The molecule has 0 aliphatic carbocycles. The van der Waals surface area contributed by atoms with Crippen LogP contribution in [0.1, 0.15) is 0 Å². The van der Waals surface area contributed by atoms with Crippen molar-refractivity contribution in [2.75, 3.05) is 0 Å². The Morgan fingerprint density at radius 3 is 2.09 bits per heavy atom. The molecule has 2 aromatic carbocycles. The van der Waals surface area contributed by atoms with Crippen molar-refractivity contribution in [3.05, 3.63) is 97.5 Å². The van der Waals surface area contributed by atoms with Crippen molar-refractivity contribution in [3.8, 4) is 11.6 Å². The summed E-state index contributed by atoms with van der Waals surface area (Å²) in [5.74, 6) is 0.625. The normalized spacial score (nSPS) is 11.8. The van der Waals surface area contributed by atoms with E-state index in [1.165, 1.54) is 0 Å². The van der Waals surface area contributed by atoms with Crippen molar-refractivity contribution in [1.29, 1.82) is 0 Å². The number of rotatable bonds is 2. The van der Waals surface area contributed by atoms with E-state index in [2.05, 4.69) is 55.5 Å². The molecule has 6 heteroatoms. The van der Waals surface area contributed by atoms with Crippen LogP contribution in [-0.2, 0) is 0 Å². The van der Waals surface area contributed by atoms with Crippen molar-refractivity contribution in [2.45, 2.75) is 0 Å². The van der Waals surface area contributed by atoms with Gasteiger partial charge in [-0.15, -0.1) is 0 Å². The lowest BCUT2D eigenvalue weighted by Gasteiger charge is -2.08. The molecule has 0 aliphatic heterocycles. The molecule has 7 rings (SSSR count). The first kappa shape index (κ1) is 17.1. The van der Waals surface area contributed by atoms with Gasteiger partial charge in [0.05, 0.1) is 27.6 Å². The second kappa shape index (κ2) is 6.46. The lowest BCUT2D eigenvalue weighted by atomic mass is 10.2. The lowest BCUT2D eigenvalue weighted by Crippen LogP contribution is -2.00. The summed E-state index contributed by atoms with van der Waals surface area (Å²) in [6, 6.07) is 26.6. The average molecular weight is 412 g/mol. The van der Waals surface area contributed by atoms with E-state index in [1.807, 2.05) is 48.7 Å². The maximum Gasteiger partial charge on any atom is 0.234 e. The first-order valence-corrected chi connectivity index (χ1v) is 10.4. The van der Waals surface area contributed by atoms with Gasteiger partial charge in [0.15, 0.2) is 0 Å². The average Bonchev–Trinajstić information content (AvgIpc) is 3.36. The molecule has 150 valence electrons. The second-order valence-corrected chi connectivity index (χ2v) is 7.67. The number of fused-ring (bicyclic) bond motifs is 6. The van der Waals surface area contributed by atoms with E-state index in [9.17, 15) is 0 Å². The molecule has 0 saturated heterocycles. The van der Waals surface area contributed by atoms with Gasteiger partial charge in [-0.1, -0.05) is 36.4 Å². The Hall–Kier alpha value is -4.58. The molecule has 0 saturated carbocycles. The maximum absolute atomic E-state index is 5.17. The largest absolute Gasteiger partial charge is 0.306 e. The summed E-state index contributed by atoms with van der Waals surface area (Å²) in [6.45, 7) is 0. The molecule has 0 spiro atoms. The first-order chi connectivity index (χ1) is 15.9. The molecule has 7 aromatic rings. The summed E-state index contributed by atoms with van der Waals surface area (Å²) >= 11 is 0. The van der Waals surface area contributed by atoms with Gasteiger partial charge in [0, 0.05) is 29.7 Å². The van der Waals surface area contributed by atoms with Gasteiger partial charge in [-0.2, -0.15) is 0 Å². The van der Waals surface area contributed by atoms with Crippen LogP contribution in [0.4, 0.5) is 0 Å². The smallest absolute Gasteiger partial charge is 0.234 e. The minimum absolute atomic E-state index is 0.625. The third-order valence-corrected chi connectivity index (χ3v) is 5.88. The molecule has 0 bridgehead atoms. The molecule has 0 aliphatic rings. The molecular weight excluding hydrogens is 396 g/mol. The fourth-order valence-corrected chi connectivity index (χ4v) is 4.57. The van der Waals surface area contributed by atoms with Crippen LogP contribution < -0.4 is 0 Å². The van der Waals surface area contributed by atoms with Crippen molar-refractivity contribution in [1.82, 2.24) is 29.1 Å². The molecule has 0 atom stereocenters. The van der Waals surface area contributed by atoms with E-state index in [1.54, 1.807) is 12.4 Å². The van der Waals surface area contributed by atoms with E-state index < -0.39 is 0 Å². The molecule has 5 heterocycles. The zero-order valence-corrected chi connectivity index (χ0v) is 16.9. The fourth-order valence-electron chi connectivity index (χ4n) is 4.57. The highest BCUT2D eigenvalue weighted by atomic mass is 15.2. The van der Waals surface area contributed by atoms with Crippen molar-refractivity contribution in [2.24, 2.45) is 0 Å². The Bertz CT molecular complexity index is 1640. The van der Waals surface area contributed by atoms with Gasteiger partial charge in [-0.25, -0.2) is 15.0 Å². The van der Waals surface area contributed by atoms with Gasteiger partial charge >= 0.3 is 0 Å². The number of pyridine rings is 2. The minimum Gasteiger partial charge on any atom is -0.306 e. The van der Waals surface area contributed by atoms with E-state index >= 15 is 0 Å². The summed E-state index contributed by atoms with van der Waals surface area (Å²) in [5.41, 5.74) is 7.77. The van der Waals surface area contributed by atoms with Gasteiger partial charge in [0.1, 0.15) is 11.0 Å². The molecule has 0 unspecified atom stereocenters. The van der Waals surface area contributed by atoms with Crippen molar-refractivity contribution in [3.63, 3.8) is 0 Å². The number of hydrogen-bond acceptors (Lipinski definition) is 4. The molecule has 0 fully saturated rings. The Labute approximate surface area is 182 Å². The van der Waals surface area contributed by atoms with Crippen molar-refractivity contribution >= 4 is 44.0 Å². The van der Waals surface area contributed by atoms with E-state index in [0.29, 0.717) is 5.95 Å². The topological polar surface area (TPSA) is 61.4 Å². The van der Waals surface area contributed by atoms with E-state index in [0.717, 1.165) is 49.7 Å². The quantitative estimate of drug-likeness (QED) is 0.378. The fraction of sp³-hybridized carbons (Fsp3) is 0. The van der Waals surface area contributed by atoms with Crippen LogP contribution in [-0.4, -0.2) is 29.1 Å². The molecule has 32 heavy (non-hydrogen) atoms. The van der Waals surface area contributed by atoms with Gasteiger partial charge in [0.25, 0.3) is 0 Å². The summed E-state index contributed by atoms with van der Waals surface area (Å²) < 4.78 is 4.30. The third kappa shape index (κ3) is 2.29. The standard InChI is InChI=1S/C26H16N6/c1-2-8-17(9-3-1)31-20-12-6-13-27-24(20)25-22(31)16-21-23(30-25)18-10-4-5-11-19(18)32(21)26-28-14-7-15-29-26/h1-16H. The number of nitrogens with zero attached hydrogens (tertiary/aromatic N) is 6. The van der Waals surface area contributed by atoms with Crippen LogP contribution in [0.3, 0.4) is 0 Å². The third-order valence-electron chi connectivity index (χ3n) is 5.88. The summed E-state index contributed by atoms with van der Waals surface area (Å²) in [6.07, 6.45) is 5.35. The van der Waals surface area contributed by atoms with Crippen LogP contribution >= 0.6 is 0 Å². The second-order valence-electron chi connectivity index (χ2n) is 7.67. The summed E-state index contributed by atoms with van der Waals surface area (Å²) in [4.78, 5) is 18.9. The minimum atomic E-state index is 0.625. The van der Waals surface area contributed by atoms with Gasteiger partial charge in [-0.05, 0) is 42.5 Å². The predicted octanol–water partition coefficient (Wildman–Crippen LogP) is 5.46. The lowest BCUT2D eigenvalue weighted by molar-refractivity contribution is 0.988. The van der Waals surface area contributed by atoms with Crippen LogP contribution in [0.15, 0.2) is 97.5 Å². The van der Waals surface area contributed by atoms with Crippen LogP contribution in [0.25, 0.3) is 55.6 Å². The zero-order valence-electron chi connectivity index (χ0n) is 16.9. The number of hydrogen-bond donors (Lipinski definition) is 0. The van der Waals surface area contributed by atoms with E-state index in [4.69, 9.17) is 9.97 Å². The SMILES string of the molecule is c1ccc(-n2c3cccnc3c3nc4c5ccccc5n(-c5ncccn5)c4cc32)cc1. The molecule has 6 nitrogen and oxygen atoms in total. The van der Waals surface area contributed by atoms with Crippen molar-refractivity contribution < 1.29 is 0 Å². The van der Waals surface area contributed by atoms with Gasteiger partial charge < -0.3 is 4.57 Å². The Morgan fingerprint density at radius 1 is 0.500 bits per heavy atom. The zero-order chi connectivity index (χ0) is 21.1. The molecular formula is C26H16N6. The summed E-state index contributed by atoms with van der Waals surface area (Å²) in [5, 5.41) is 1.06. The summed E-state index contributed by atoms with van der Waals surface area (Å²) in [7, 11) is 0. The maximum atomic E-state index is 5.17. The molecule has 0 radical (unpaired) electrons. The Morgan fingerprint density at radius 2 is 1.22 bits per heavy atom. The molecule has 0 N–H and O–H groups in total. The van der Waals surface area contributed by atoms with E-state index in [-0.39, 0.29) is 0 Å². The highest BCUT2D eigenvalue weighted by molar-refractivity contribution is 6.14. The molecule has 0 amide bonds. The molecule has 5 aromatic heterocycles. The van der Waals surface area contributed by atoms with Gasteiger partial charge in [-0.3, -0.25) is 9.55 Å². The first-order valence-electron chi connectivity index (χ1n) is 10.4. The number of para-hydroxylation sites is 2. The number of benzene rings is 2.